The molecular formula is C24H18FN7O4. The fraction of sp³-hybridized carbons (Fsp3) is 0.208. The number of piperidine rings is 1. The number of imide groups is 1. The van der Waals surface area contributed by atoms with Crippen molar-refractivity contribution in [2.24, 2.45) is 0 Å². The number of hydrogen-bond acceptors (Lipinski definition) is 7. The first-order valence-electron chi connectivity index (χ1n) is 11.0. The summed E-state index contributed by atoms with van der Waals surface area (Å²) in [6, 6.07) is 9.90. The van der Waals surface area contributed by atoms with Crippen LogP contribution in [0.15, 0.2) is 42.6 Å². The molecule has 4 amide bonds. The zero-order valence-electron chi connectivity index (χ0n) is 18.7. The normalized spacial score (nSPS) is 16.9. The number of hydrogen-bond donors (Lipinski definition) is 2. The minimum atomic E-state index is -0.757. The number of carbonyl (C=O) groups is 4. The SMILES string of the molecule is N#Cc1cc(-c2cn(CC(=O)Nc3cccc4c3CN(C3CCC(=O)NC3=O)C4=O)nn2)ccc1F. The summed E-state index contributed by atoms with van der Waals surface area (Å²) in [6.07, 6.45) is 1.89. The van der Waals surface area contributed by atoms with E-state index in [0.29, 0.717) is 28.1 Å². The van der Waals surface area contributed by atoms with Crippen molar-refractivity contribution in [3.63, 3.8) is 0 Å². The summed E-state index contributed by atoms with van der Waals surface area (Å²) in [5, 5.41) is 21.9. The molecule has 2 aliphatic heterocycles. The zero-order valence-corrected chi connectivity index (χ0v) is 18.7. The summed E-state index contributed by atoms with van der Waals surface area (Å²) in [5.74, 6) is -2.29. The maximum absolute atomic E-state index is 13.6. The van der Waals surface area contributed by atoms with E-state index in [1.54, 1.807) is 24.3 Å². The third-order valence-electron chi connectivity index (χ3n) is 6.08. The molecule has 0 radical (unpaired) electrons. The predicted molar refractivity (Wildman–Crippen MR) is 121 cm³/mol. The number of carbonyl (C=O) groups excluding carboxylic acids is 4. The molecule has 2 aromatic carbocycles. The van der Waals surface area contributed by atoms with Gasteiger partial charge in [-0.05, 0) is 36.8 Å². The summed E-state index contributed by atoms with van der Waals surface area (Å²) in [4.78, 5) is 50.8. The van der Waals surface area contributed by atoms with Crippen molar-refractivity contribution in [1.82, 2.24) is 25.2 Å². The highest BCUT2D eigenvalue weighted by atomic mass is 19.1. The van der Waals surface area contributed by atoms with Gasteiger partial charge in [-0.3, -0.25) is 24.5 Å². The van der Waals surface area contributed by atoms with Gasteiger partial charge in [-0.2, -0.15) is 5.26 Å². The Morgan fingerprint density at radius 1 is 1.25 bits per heavy atom. The van der Waals surface area contributed by atoms with Crippen molar-refractivity contribution in [2.45, 2.75) is 32.0 Å². The van der Waals surface area contributed by atoms with Crippen LogP contribution < -0.4 is 10.6 Å². The first-order chi connectivity index (χ1) is 17.3. The van der Waals surface area contributed by atoms with Crippen molar-refractivity contribution in [3.8, 4) is 17.3 Å². The van der Waals surface area contributed by atoms with E-state index >= 15 is 0 Å². The molecular weight excluding hydrogens is 469 g/mol. The van der Waals surface area contributed by atoms with E-state index in [2.05, 4.69) is 20.9 Å². The Labute approximate surface area is 203 Å². The summed E-state index contributed by atoms with van der Waals surface area (Å²) >= 11 is 0. The van der Waals surface area contributed by atoms with Crippen molar-refractivity contribution in [3.05, 3.63) is 65.1 Å². The van der Waals surface area contributed by atoms with Crippen LogP contribution in [-0.4, -0.2) is 49.6 Å². The van der Waals surface area contributed by atoms with Gasteiger partial charge in [0.2, 0.25) is 17.7 Å². The molecule has 3 heterocycles. The zero-order chi connectivity index (χ0) is 25.4. The van der Waals surface area contributed by atoms with Gasteiger partial charge in [-0.15, -0.1) is 5.10 Å². The van der Waals surface area contributed by atoms with Gasteiger partial charge in [0.1, 0.15) is 30.2 Å². The fourth-order valence-electron chi connectivity index (χ4n) is 4.32. The first-order valence-corrected chi connectivity index (χ1v) is 11.0. The fourth-order valence-corrected chi connectivity index (χ4v) is 4.32. The molecule has 5 rings (SSSR count). The highest BCUT2D eigenvalue weighted by Gasteiger charge is 2.39. The number of nitrogens with one attached hydrogen (secondary N) is 2. The lowest BCUT2D eigenvalue weighted by molar-refractivity contribution is -0.137. The summed E-state index contributed by atoms with van der Waals surface area (Å²) < 4.78 is 14.9. The van der Waals surface area contributed by atoms with Crippen LogP contribution in [0.1, 0.15) is 34.3 Å². The van der Waals surface area contributed by atoms with Crippen LogP contribution in [0.3, 0.4) is 0 Å². The second-order valence-corrected chi connectivity index (χ2v) is 8.39. The molecule has 1 atom stereocenters. The van der Waals surface area contributed by atoms with Crippen molar-refractivity contribution < 1.29 is 23.6 Å². The van der Waals surface area contributed by atoms with Gasteiger partial charge < -0.3 is 10.2 Å². The second-order valence-electron chi connectivity index (χ2n) is 8.39. The van der Waals surface area contributed by atoms with Crippen LogP contribution in [-0.2, 0) is 27.5 Å². The minimum absolute atomic E-state index is 0.121. The van der Waals surface area contributed by atoms with Gasteiger partial charge in [0.05, 0.1) is 11.8 Å². The maximum atomic E-state index is 13.6. The molecule has 2 N–H and O–H groups in total. The Balaban J connectivity index is 1.29. The lowest BCUT2D eigenvalue weighted by atomic mass is 10.0. The number of amides is 4. The van der Waals surface area contributed by atoms with Crippen molar-refractivity contribution in [1.29, 1.82) is 5.26 Å². The Hall–Kier alpha value is -4.92. The molecule has 3 aromatic rings. The molecule has 0 bridgehead atoms. The number of aromatic nitrogens is 3. The van der Waals surface area contributed by atoms with Crippen LogP contribution in [0, 0.1) is 17.1 Å². The molecule has 1 saturated heterocycles. The second kappa shape index (κ2) is 9.03. The molecule has 0 saturated carbocycles. The van der Waals surface area contributed by atoms with Gasteiger partial charge in [-0.25, -0.2) is 9.07 Å². The first kappa shape index (κ1) is 22.9. The topological polar surface area (TPSA) is 150 Å². The molecule has 0 spiro atoms. The van der Waals surface area contributed by atoms with E-state index in [0.717, 1.165) is 6.07 Å². The average molecular weight is 487 g/mol. The number of nitriles is 1. The van der Waals surface area contributed by atoms with Gasteiger partial charge in [0.15, 0.2) is 0 Å². The molecule has 1 unspecified atom stereocenters. The summed E-state index contributed by atoms with van der Waals surface area (Å²) in [7, 11) is 0. The number of benzene rings is 2. The number of nitrogens with zero attached hydrogens (tertiary/aromatic N) is 5. The summed E-state index contributed by atoms with van der Waals surface area (Å²) in [5.41, 5.74) is 2.11. The van der Waals surface area contributed by atoms with Gasteiger partial charge >= 0.3 is 0 Å². The quantitative estimate of drug-likeness (QED) is 0.516. The van der Waals surface area contributed by atoms with E-state index in [9.17, 15) is 23.6 Å². The maximum Gasteiger partial charge on any atom is 0.255 e. The number of halogens is 1. The highest BCUT2D eigenvalue weighted by Crippen LogP contribution is 2.32. The number of fused-ring (bicyclic) bond motifs is 1. The van der Waals surface area contributed by atoms with E-state index in [4.69, 9.17) is 5.26 Å². The third-order valence-corrected chi connectivity index (χ3v) is 6.08. The Kier molecular flexibility index (Phi) is 5.73. The average Bonchev–Trinajstić information content (AvgIpc) is 3.45. The number of anilines is 1. The summed E-state index contributed by atoms with van der Waals surface area (Å²) in [6.45, 7) is -0.0655. The third kappa shape index (κ3) is 4.18. The Morgan fingerprint density at radius 2 is 2.08 bits per heavy atom. The molecule has 11 nitrogen and oxygen atoms in total. The van der Waals surface area contributed by atoms with Crippen LogP contribution in [0.2, 0.25) is 0 Å². The van der Waals surface area contributed by atoms with Gasteiger partial charge in [0.25, 0.3) is 5.91 Å². The Bertz CT molecular complexity index is 1480. The van der Waals surface area contributed by atoms with Crippen molar-refractivity contribution in [2.75, 3.05) is 5.32 Å². The van der Waals surface area contributed by atoms with Gasteiger partial charge in [0, 0.05) is 35.3 Å². The van der Waals surface area contributed by atoms with Crippen LogP contribution >= 0.6 is 0 Å². The van der Waals surface area contributed by atoms with E-state index in [1.165, 1.54) is 27.9 Å². The monoisotopic (exact) mass is 487 g/mol. The largest absolute Gasteiger partial charge is 0.324 e. The molecule has 2 aliphatic rings. The number of rotatable bonds is 5. The van der Waals surface area contributed by atoms with Gasteiger partial charge in [-0.1, -0.05) is 11.3 Å². The Morgan fingerprint density at radius 3 is 2.86 bits per heavy atom. The van der Waals surface area contributed by atoms with Crippen LogP contribution in [0.25, 0.3) is 11.3 Å². The molecule has 12 heteroatoms. The van der Waals surface area contributed by atoms with Crippen LogP contribution in [0.4, 0.5) is 10.1 Å². The smallest absolute Gasteiger partial charge is 0.255 e. The van der Waals surface area contributed by atoms with E-state index < -0.39 is 23.7 Å². The molecule has 1 fully saturated rings. The van der Waals surface area contributed by atoms with Crippen molar-refractivity contribution >= 4 is 29.3 Å². The standard InChI is InChI=1S/C24H18FN7O4/c25-17-5-4-13(8-14(17)9-26)19-11-31(30-29-19)12-22(34)27-18-3-1-2-15-16(18)10-32(24(15)36)20-6-7-21(33)28-23(20)35/h1-5,8,11,20H,6-7,10,12H2,(H,27,34)(H,28,33,35). The van der Waals surface area contributed by atoms with E-state index in [-0.39, 0.29) is 43.3 Å². The molecule has 1 aromatic heterocycles. The molecule has 180 valence electrons. The minimum Gasteiger partial charge on any atom is -0.324 e. The predicted octanol–water partition coefficient (Wildman–Crippen LogP) is 1.36. The lowest BCUT2D eigenvalue weighted by Gasteiger charge is -2.29. The van der Waals surface area contributed by atoms with E-state index in [1.807, 2.05) is 0 Å². The van der Waals surface area contributed by atoms with Crippen LogP contribution in [0.5, 0.6) is 0 Å². The molecule has 0 aliphatic carbocycles. The lowest BCUT2D eigenvalue weighted by Crippen LogP contribution is -2.52. The highest BCUT2D eigenvalue weighted by molar-refractivity contribution is 6.06. The molecule has 36 heavy (non-hydrogen) atoms.